The number of hydrogen-bond donors (Lipinski definition) is 1. The molecule has 1 saturated heterocycles. The number of benzene rings is 1. The van der Waals surface area contributed by atoms with Gasteiger partial charge in [-0.3, -0.25) is 4.79 Å². The van der Waals surface area contributed by atoms with E-state index in [-0.39, 0.29) is 5.91 Å². The third kappa shape index (κ3) is 3.86. The van der Waals surface area contributed by atoms with E-state index in [0.717, 1.165) is 49.5 Å². The number of nitrogens with zero attached hydrogens (tertiary/aromatic N) is 1. The molecule has 2 aliphatic rings. The van der Waals surface area contributed by atoms with Crippen LogP contribution in [-0.4, -0.2) is 50.1 Å². The Morgan fingerprint density at radius 3 is 2.74 bits per heavy atom. The average Bonchev–Trinajstić information content (AvgIpc) is 2.61. The largest absolute Gasteiger partial charge is 0.497 e. The van der Waals surface area contributed by atoms with E-state index in [1.165, 1.54) is 25.7 Å². The number of piperazine rings is 1. The number of methoxy groups -OCH3 is 1. The van der Waals surface area contributed by atoms with Crippen LogP contribution in [0.15, 0.2) is 24.3 Å². The molecule has 2 atom stereocenters. The third-order valence-electron chi connectivity index (χ3n) is 5.52. The fourth-order valence-corrected chi connectivity index (χ4v) is 4.15. The lowest BCUT2D eigenvalue weighted by Gasteiger charge is -2.39. The lowest BCUT2D eigenvalue weighted by Crippen LogP contribution is -3.18. The van der Waals surface area contributed by atoms with E-state index in [1.54, 1.807) is 12.0 Å². The Morgan fingerprint density at radius 2 is 2.04 bits per heavy atom. The van der Waals surface area contributed by atoms with Gasteiger partial charge in [0, 0.05) is 12.0 Å². The molecule has 1 aromatic rings. The van der Waals surface area contributed by atoms with Crippen LogP contribution in [-0.2, 0) is 0 Å². The van der Waals surface area contributed by atoms with Gasteiger partial charge in [-0.2, -0.15) is 0 Å². The molecule has 0 bridgehead atoms. The summed E-state index contributed by atoms with van der Waals surface area (Å²) in [5, 5.41) is 0. The van der Waals surface area contributed by atoms with Crippen molar-refractivity contribution >= 4 is 5.91 Å². The summed E-state index contributed by atoms with van der Waals surface area (Å²) >= 11 is 0. The Kier molecular flexibility index (Phi) is 5.21. The summed E-state index contributed by atoms with van der Waals surface area (Å²) in [7, 11) is 1.64. The van der Waals surface area contributed by atoms with Crippen LogP contribution in [0.5, 0.6) is 5.75 Å². The highest BCUT2D eigenvalue weighted by atomic mass is 16.5. The molecular weight excluding hydrogens is 288 g/mol. The Labute approximate surface area is 139 Å². The molecule has 0 aromatic heterocycles. The molecule has 4 nitrogen and oxygen atoms in total. The van der Waals surface area contributed by atoms with Crippen molar-refractivity contribution in [1.29, 1.82) is 0 Å². The van der Waals surface area contributed by atoms with Gasteiger partial charge in [-0.05, 0) is 37.0 Å². The monoisotopic (exact) mass is 317 g/mol. The Morgan fingerprint density at radius 1 is 1.26 bits per heavy atom. The zero-order valence-corrected chi connectivity index (χ0v) is 14.4. The number of rotatable bonds is 3. The molecule has 0 unspecified atom stereocenters. The van der Waals surface area contributed by atoms with Gasteiger partial charge in [0.1, 0.15) is 5.75 Å². The Hall–Kier alpha value is -1.55. The minimum absolute atomic E-state index is 0.139. The lowest BCUT2D eigenvalue weighted by atomic mass is 9.86. The van der Waals surface area contributed by atoms with Gasteiger partial charge in [0.05, 0.1) is 39.3 Å². The van der Waals surface area contributed by atoms with Gasteiger partial charge in [0.15, 0.2) is 0 Å². The van der Waals surface area contributed by atoms with Crippen LogP contribution >= 0.6 is 0 Å². The molecule has 1 saturated carbocycles. The van der Waals surface area contributed by atoms with E-state index in [4.69, 9.17) is 4.74 Å². The van der Waals surface area contributed by atoms with Crippen molar-refractivity contribution in [3.63, 3.8) is 0 Å². The van der Waals surface area contributed by atoms with Crippen molar-refractivity contribution in [3.05, 3.63) is 29.8 Å². The molecule has 1 heterocycles. The summed E-state index contributed by atoms with van der Waals surface area (Å²) in [6.45, 7) is 6.31. The highest BCUT2D eigenvalue weighted by Crippen LogP contribution is 2.22. The van der Waals surface area contributed by atoms with Gasteiger partial charge < -0.3 is 14.5 Å². The van der Waals surface area contributed by atoms with Crippen LogP contribution < -0.4 is 9.64 Å². The van der Waals surface area contributed by atoms with Crippen molar-refractivity contribution in [1.82, 2.24) is 4.90 Å². The second-order valence-corrected chi connectivity index (χ2v) is 7.15. The normalized spacial score (nSPS) is 26.1. The van der Waals surface area contributed by atoms with Gasteiger partial charge in [-0.1, -0.05) is 19.4 Å². The van der Waals surface area contributed by atoms with Gasteiger partial charge in [-0.15, -0.1) is 0 Å². The summed E-state index contributed by atoms with van der Waals surface area (Å²) in [5.74, 6) is 1.76. The number of quaternary nitrogens is 1. The molecule has 3 rings (SSSR count). The molecule has 0 radical (unpaired) electrons. The molecule has 1 aromatic carbocycles. The highest BCUT2D eigenvalue weighted by Gasteiger charge is 2.32. The Balaban J connectivity index is 1.56. The first-order valence-corrected chi connectivity index (χ1v) is 8.95. The van der Waals surface area contributed by atoms with Gasteiger partial charge in [0.25, 0.3) is 5.91 Å². The van der Waals surface area contributed by atoms with Crippen LogP contribution in [0.3, 0.4) is 0 Å². The molecule has 1 N–H and O–H groups in total. The summed E-state index contributed by atoms with van der Waals surface area (Å²) in [6.07, 6.45) is 5.49. The number of hydrogen-bond acceptors (Lipinski definition) is 2. The van der Waals surface area contributed by atoms with E-state index >= 15 is 0 Å². The molecule has 23 heavy (non-hydrogen) atoms. The predicted octanol–water partition coefficient (Wildman–Crippen LogP) is 1.61. The number of nitrogens with one attached hydrogen (secondary N) is 1. The second kappa shape index (κ2) is 7.35. The third-order valence-corrected chi connectivity index (χ3v) is 5.52. The quantitative estimate of drug-likeness (QED) is 0.919. The zero-order valence-electron chi connectivity index (χ0n) is 14.4. The maximum Gasteiger partial charge on any atom is 0.254 e. The van der Waals surface area contributed by atoms with Crippen LogP contribution in [0.2, 0.25) is 0 Å². The van der Waals surface area contributed by atoms with Crippen molar-refractivity contribution in [2.75, 3.05) is 33.3 Å². The van der Waals surface area contributed by atoms with Crippen molar-refractivity contribution in [2.45, 2.75) is 38.6 Å². The van der Waals surface area contributed by atoms with Crippen LogP contribution in [0.4, 0.5) is 0 Å². The maximum absolute atomic E-state index is 12.7. The maximum atomic E-state index is 12.7. The van der Waals surface area contributed by atoms with E-state index < -0.39 is 0 Å². The smallest absolute Gasteiger partial charge is 0.254 e. The summed E-state index contributed by atoms with van der Waals surface area (Å²) < 4.78 is 5.22. The first-order valence-electron chi connectivity index (χ1n) is 8.95. The summed E-state index contributed by atoms with van der Waals surface area (Å²) in [6, 6.07) is 8.30. The summed E-state index contributed by atoms with van der Waals surface area (Å²) in [5.41, 5.74) is 0.735. The molecular formula is C19H29N2O2+. The summed E-state index contributed by atoms with van der Waals surface area (Å²) in [4.78, 5) is 16.4. The van der Waals surface area contributed by atoms with E-state index in [0.29, 0.717) is 0 Å². The number of carbonyl (C=O) groups is 1. The molecule has 1 aliphatic carbocycles. The molecule has 2 fully saturated rings. The van der Waals surface area contributed by atoms with Gasteiger partial charge in [-0.25, -0.2) is 0 Å². The standard InChI is InChI=1S/C19H28N2O2/c1-15-5-3-7-17(13-15)20-9-11-21(12-10-20)19(22)16-6-4-8-18(14-16)23-2/h4,6,8,14-15,17H,3,5,7,9-13H2,1-2H3/p+1/t15-,17-/m0/s1. The fraction of sp³-hybridized carbons (Fsp3) is 0.632. The Bertz CT molecular complexity index is 538. The molecule has 0 spiro atoms. The second-order valence-electron chi connectivity index (χ2n) is 7.15. The van der Waals surface area contributed by atoms with E-state index in [9.17, 15) is 4.79 Å². The molecule has 1 amide bonds. The lowest BCUT2D eigenvalue weighted by molar-refractivity contribution is -0.930. The molecule has 126 valence electrons. The zero-order chi connectivity index (χ0) is 16.2. The van der Waals surface area contributed by atoms with Crippen LogP contribution in [0, 0.1) is 5.92 Å². The predicted molar refractivity (Wildman–Crippen MR) is 91.0 cm³/mol. The minimum atomic E-state index is 0.139. The van der Waals surface area contributed by atoms with E-state index in [1.807, 2.05) is 29.2 Å². The van der Waals surface area contributed by atoms with Crippen LogP contribution in [0.25, 0.3) is 0 Å². The first kappa shape index (κ1) is 16.3. The van der Waals surface area contributed by atoms with Gasteiger partial charge >= 0.3 is 0 Å². The number of carbonyl (C=O) groups excluding carboxylic acids is 1. The van der Waals surface area contributed by atoms with E-state index in [2.05, 4.69) is 6.92 Å². The fourth-order valence-electron chi connectivity index (χ4n) is 4.15. The highest BCUT2D eigenvalue weighted by molar-refractivity contribution is 5.94. The van der Waals surface area contributed by atoms with Crippen molar-refractivity contribution < 1.29 is 14.4 Å². The SMILES string of the molecule is COc1cccc(C(=O)N2CC[NH+]([C@H]3CCC[C@H](C)C3)CC2)c1. The number of amides is 1. The van der Waals surface area contributed by atoms with Gasteiger partial charge in [0.2, 0.25) is 0 Å². The molecule has 1 aliphatic heterocycles. The van der Waals surface area contributed by atoms with Crippen LogP contribution in [0.1, 0.15) is 43.0 Å². The number of ether oxygens (including phenoxy) is 1. The van der Waals surface area contributed by atoms with Crippen molar-refractivity contribution in [2.24, 2.45) is 5.92 Å². The van der Waals surface area contributed by atoms with Crippen molar-refractivity contribution in [3.8, 4) is 5.75 Å². The average molecular weight is 317 g/mol. The molecule has 4 heteroatoms. The topological polar surface area (TPSA) is 34.0 Å². The minimum Gasteiger partial charge on any atom is -0.497 e. The first-order chi connectivity index (χ1) is 11.2.